The number of rotatable bonds is 7. The summed E-state index contributed by atoms with van der Waals surface area (Å²) in [6.45, 7) is 4.75. The SMILES string of the molecule is COc1ccc(CNc2ccnc(Nc3cc(C)cc(C)c3)n2)cc1OC. The number of anilines is 3. The van der Waals surface area contributed by atoms with Gasteiger partial charge >= 0.3 is 0 Å². The lowest BCUT2D eigenvalue weighted by Crippen LogP contribution is -2.04. The number of nitrogens with one attached hydrogen (secondary N) is 2. The number of hydrogen-bond donors (Lipinski definition) is 2. The number of nitrogens with zero attached hydrogens (tertiary/aromatic N) is 2. The van der Waals surface area contributed by atoms with Crippen LogP contribution in [0.1, 0.15) is 16.7 Å². The van der Waals surface area contributed by atoms with Crippen molar-refractivity contribution in [1.82, 2.24) is 9.97 Å². The topological polar surface area (TPSA) is 68.3 Å². The Kier molecular flexibility index (Phi) is 5.76. The monoisotopic (exact) mass is 364 g/mol. The molecule has 0 atom stereocenters. The van der Waals surface area contributed by atoms with Gasteiger partial charge in [0.1, 0.15) is 5.82 Å². The van der Waals surface area contributed by atoms with E-state index in [4.69, 9.17) is 9.47 Å². The van der Waals surface area contributed by atoms with Gasteiger partial charge in [-0.1, -0.05) is 12.1 Å². The molecule has 3 aromatic rings. The zero-order chi connectivity index (χ0) is 19.2. The summed E-state index contributed by atoms with van der Waals surface area (Å²) >= 11 is 0. The van der Waals surface area contributed by atoms with Crippen LogP contribution in [0.15, 0.2) is 48.7 Å². The highest BCUT2D eigenvalue weighted by Gasteiger charge is 2.06. The molecule has 0 fully saturated rings. The minimum atomic E-state index is 0.553. The van der Waals surface area contributed by atoms with E-state index >= 15 is 0 Å². The molecule has 27 heavy (non-hydrogen) atoms. The van der Waals surface area contributed by atoms with Crippen LogP contribution in [0.5, 0.6) is 11.5 Å². The Balaban J connectivity index is 1.69. The van der Waals surface area contributed by atoms with Gasteiger partial charge in [-0.25, -0.2) is 4.98 Å². The first-order valence-corrected chi connectivity index (χ1v) is 8.70. The molecule has 0 saturated heterocycles. The van der Waals surface area contributed by atoms with E-state index in [1.807, 2.05) is 24.3 Å². The number of ether oxygens (including phenoxy) is 2. The minimum Gasteiger partial charge on any atom is -0.493 e. The van der Waals surface area contributed by atoms with Crippen LogP contribution >= 0.6 is 0 Å². The Labute approximate surface area is 159 Å². The summed E-state index contributed by atoms with van der Waals surface area (Å²) in [7, 11) is 3.26. The van der Waals surface area contributed by atoms with Crippen molar-refractivity contribution in [2.75, 3.05) is 24.9 Å². The lowest BCUT2D eigenvalue weighted by molar-refractivity contribution is 0.354. The van der Waals surface area contributed by atoms with E-state index in [2.05, 4.69) is 52.6 Å². The molecule has 0 aliphatic heterocycles. The van der Waals surface area contributed by atoms with Crippen LogP contribution in [0.25, 0.3) is 0 Å². The third kappa shape index (κ3) is 4.88. The molecule has 0 amide bonds. The average Bonchev–Trinajstić information content (AvgIpc) is 2.65. The lowest BCUT2D eigenvalue weighted by Gasteiger charge is -2.11. The summed E-state index contributed by atoms with van der Waals surface area (Å²) in [6, 6.07) is 13.9. The van der Waals surface area contributed by atoms with E-state index in [1.165, 1.54) is 11.1 Å². The van der Waals surface area contributed by atoms with E-state index in [0.717, 1.165) is 17.1 Å². The summed E-state index contributed by atoms with van der Waals surface area (Å²) in [6.07, 6.45) is 1.73. The molecular weight excluding hydrogens is 340 g/mol. The fraction of sp³-hybridized carbons (Fsp3) is 0.238. The van der Waals surface area contributed by atoms with Crippen LogP contribution in [0.3, 0.4) is 0 Å². The van der Waals surface area contributed by atoms with Crippen molar-refractivity contribution in [1.29, 1.82) is 0 Å². The zero-order valence-corrected chi connectivity index (χ0v) is 16.0. The standard InChI is InChI=1S/C21H24N4O2/c1-14-9-15(2)11-17(10-14)24-21-22-8-7-20(25-21)23-13-16-5-6-18(26-3)19(12-16)27-4/h5-12H,13H2,1-4H3,(H2,22,23,24,25). The molecule has 6 nitrogen and oxygen atoms in total. The first-order chi connectivity index (χ1) is 13.1. The second kappa shape index (κ2) is 8.40. The number of aromatic nitrogens is 2. The summed E-state index contributed by atoms with van der Waals surface area (Å²) in [5.41, 5.74) is 4.43. The molecule has 140 valence electrons. The Morgan fingerprint density at radius 3 is 2.33 bits per heavy atom. The Morgan fingerprint density at radius 2 is 1.63 bits per heavy atom. The Bertz CT molecular complexity index is 908. The zero-order valence-electron chi connectivity index (χ0n) is 16.0. The lowest BCUT2D eigenvalue weighted by atomic mass is 10.1. The number of benzene rings is 2. The van der Waals surface area contributed by atoms with Crippen LogP contribution in [-0.4, -0.2) is 24.2 Å². The minimum absolute atomic E-state index is 0.553. The van der Waals surface area contributed by atoms with Gasteiger partial charge in [0.05, 0.1) is 14.2 Å². The predicted octanol–water partition coefficient (Wildman–Crippen LogP) is 4.47. The molecule has 1 aromatic heterocycles. The number of methoxy groups -OCH3 is 2. The summed E-state index contributed by atoms with van der Waals surface area (Å²) in [5.74, 6) is 2.71. The van der Waals surface area contributed by atoms with Gasteiger partial charge in [-0.15, -0.1) is 0 Å². The van der Waals surface area contributed by atoms with Gasteiger partial charge in [0, 0.05) is 18.4 Å². The molecule has 3 rings (SSSR count). The highest BCUT2D eigenvalue weighted by atomic mass is 16.5. The number of hydrogen-bond acceptors (Lipinski definition) is 6. The Morgan fingerprint density at radius 1 is 0.889 bits per heavy atom. The smallest absolute Gasteiger partial charge is 0.229 e. The van der Waals surface area contributed by atoms with E-state index in [9.17, 15) is 0 Å². The molecule has 0 aliphatic rings. The van der Waals surface area contributed by atoms with Gasteiger partial charge < -0.3 is 20.1 Å². The van der Waals surface area contributed by atoms with Crippen LogP contribution in [0.2, 0.25) is 0 Å². The van der Waals surface area contributed by atoms with Crippen molar-refractivity contribution >= 4 is 17.5 Å². The quantitative estimate of drug-likeness (QED) is 0.645. The summed E-state index contributed by atoms with van der Waals surface area (Å²) in [5, 5.41) is 6.57. The van der Waals surface area contributed by atoms with Crippen LogP contribution in [-0.2, 0) is 6.54 Å². The summed E-state index contributed by atoms with van der Waals surface area (Å²) < 4.78 is 10.6. The third-order valence-electron chi connectivity index (χ3n) is 4.05. The van der Waals surface area contributed by atoms with Crippen LogP contribution in [0, 0.1) is 13.8 Å². The van der Waals surface area contributed by atoms with Crippen molar-refractivity contribution in [2.24, 2.45) is 0 Å². The van der Waals surface area contributed by atoms with Crippen molar-refractivity contribution < 1.29 is 9.47 Å². The molecule has 1 heterocycles. The first kappa shape index (κ1) is 18.5. The normalized spacial score (nSPS) is 10.4. The Hall–Kier alpha value is -3.28. The van der Waals surface area contributed by atoms with E-state index in [1.54, 1.807) is 20.4 Å². The average molecular weight is 364 g/mol. The summed E-state index contributed by atoms with van der Waals surface area (Å²) in [4.78, 5) is 8.83. The van der Waals surface area contributed by atoms with Gasteiger partial charge in [0.15, 0.2) is 11.5 Å². The van der Waals surface area contributed by atoms with Gasteiger partial charge in [0.25, 0.3) is 0 Å². The molecule has 0 aliphatic carbocycles. The van der Waals surface area contributed by atoms with Crippen LogP contribution in [0.4, 0.5) is 17.5 Å². The maximum Gasteiger partial charge on any atom is 0.229 e. The van der Waals surface area contributed by atoms with Gasteiger partial charge in [-0.3, -0.25) is 0 Å². The first-order valence-electron chi connectivity index (χ1n) is 8.70. The third-order valence-corrected chi connectivity index (χ3v) is 4.05. The molecular formula is C21H24N4O2. The molecule has 2 aromatic carbocycles. The molecule has 0 saturated carbocycles. The fourth-order valence-corrected chi connectivity index (χ4v) is 2.88. The van der Waals surface area contributed by atoms with Crippen molar-refractivity contribution in [2.45, 2.75) is 20.4 Å². The molecule has 0 spiro atoms. The van der Waals surface area contributed by atoms with Gasteiger partial charge in [-0.2, -0.15) is 4.98 Å². The largest absolute Gasteiger partial charge is 0.493 e. The van der Waals surface area contributed by atoms with E-state index in [0.29, 0.717) is 24.0 Å². The molecule has 6 heteroatoms. The fourth-order valence-electron chi connectivity index (χ4n) is 2.88. The molecule has 0 radical (unpaired) electrons. The molecule has 0 bridgehead atoms. The maximum atomic E-state index is 5.35. The second-order valence-corrected chi connectivity index (χ2v) is 6.31. The molecule has 2 N–H and O–H groups in total. The highest BCUT2D eigenvalue weighted by molar-refractivity contribution is 5.57. The second-order valence-electron chi connectivity index (χ2n) is 6.31. The van der Waals surface area contributed by atoms with Crippen molar-refractivity contribution in [3.63, 3.8) is 0 Å². The highest BCUT2D eigenvalue weighted by Crippen LogP contribution is 2.27. The van der Waals surface area contributed by atoms with Crippen molar-refractivity contribution in [3.8, 4) is 11.5 Å². The van der Waals surface area contributed by atoms with E-state index in [-0.39, 0.29) is 0 Å². The predicted molar refractivity (Wildman–Crippen MR) is 108 cm³/mol. The molecule has 0 unspecified atom stereocenters. The van der Waals surface area contributed by atoms with Crippen LogP contribution < -0.4 is 20.1 Å². The number of aryl methyl sites for hydroxylation is 2. The van der Waals surface area contributed by atoms with Gasteiger partial charge in [-0.05, 0) is 60.9 Å². The van der Waals surface area contributed by atoms with Gasteiger partial charge in [0.2, 0.25) is 5.95 Å². The van der Waals surface area contributed by atoms with Crippen molar-refractivity contribution in [3.05, 3.63) is 65.4 Å². The van der Waals surface area contributed by atoms with E-state index < -0.39 is 0 Å². The maximum absolute atomic E-state index is 5.35.